The van der Waals surface area contributed by atoms with Crippen molar-refractivity contribution in [3.05, 3.63) is 65.3 Å². The molecule has 3 aromatic rings. The molecule has 0 aliphatic carbocycles. The first kappa shape index (κ1) is 16.5. The van der Waals surface area contributed by atoms with E-state index in [0.717, 1.165) is 23.5 Å². The Morgan fingerprint density at radius 3 is 2.29 bits per heavy atom. The molecule has 124 valence electrons. The topological polar surface area (TPSA) is 59.1 Å². The van der Waals surface area contributed by atoms with Crippen molar-refractivity contribution in [3.8, 4) is 11.3 Å². The molecule has 4 nitrogen and oxygen atoms in total. The molecule has 0 saturated heterocycles. The molecule has 0 bridgehead atoms. The van der Waals surface area contributed by atoms with Gasteiger partial charge in [-0.3, -0.25) is 4.72 Å². The van der Waals surface area contributed by atoms with Gasteiger partial charge >= 0.3 is 0 Å². The molecule has 0 radical (unpaired) electrons. The number of nitrogens with zero attached hydrogens (tertiary/aromatic N) is 1. The third-order valence-electron chi connectivity index (χ3n) is 3.05. The molecule has 9 heteroatoms. The quantitative estimate of drug-likeness (QED) is 0.754. The predicted molar refractivity (Wildman–Crippen MR) is 84.7 cm³/mol. The highest BCUT2D eigenvalue weighted by atomic mass is 32.2. The van der Waals surface area contributed by atoms with Crippen molar-refractivity contribution in [1.29, 1.82) is 0 Å². The van der Waals surface area contributed by atoms with E-state index in [1.165, 1.54) is 24.3 Å². The Morgan fingerprint density at radius 1 is 0.958 bits per heavy atom. The molecule has 0 aliphatic rings. The zero-order chi connectivity index (χ0) is 17.3. The van der Waals surface area contributed by atoms with Crippen LogP contribution < -0.4 is 4.72 Å². The second kappa shape index (κ2) is 6.25. The smallest absolute Gasteiger partial charge is 0.255 e. The van der Waals surface area contributed by atoms with Crippen LogP contribution in [0, 0.1) is 17.5 Å². The van der Waals surface area contributed by atoms with Gasteiger partial charge in [-0.15, -0.1) is 11.3 Å². The van der Waals surface area contributed by atoms with E-state index < -0.39 is 32.4 Å². The molecule has 0 spiro atoms. The van der Waals surface area contributed by atoms with Crippen molar-refractivity contribution in [1.82, 2.24) is 4.98 Å². The Bertz CT molecular complexity index is 986. The highest BCUT2D eigenvalue weighted by Gasteiger charge is 2.21. The lowest BCUT2D eigenvalue weighted by Crippen LogP contribution is -2.14. The average molecular weight is 370 g/mol. The number of nitrogens with one attached hydrogen (secondary N) is 1. The summed E-state index contributed by atoms with van der Waals surface area (Å²) in [5, 5.41) is 1.59. The summed E-state index contributed by atoms with van der Waals surface area (Å²) in [6.07, 6.45) is 0. The van der Waals surface area contributed by atoms with Gasteiger partial charge in [-0.1, -0.05) is 0 Å². The Labute approximate surface area is 139 Å². The molecule has 1 heterocycles. The molecule has 0 saturated carbocycles. The van der Waals surface area contributed by atoms with Gasteiger partial charge in [0.2, 0.25) is 0 Å². The van der Waals surface area contributed by atoms with Gasteiger partial charge in [-0.2, -0.15) is 0 Å². The summed E-state index contributed by atoms with van der Waals surface area (Å²) < 4.78 is 65.9. The summed E-state index contributed by atoms with van der Waals surface area (Å²) in [7, 11) is -4.24. The zero-order valence-corrected chi connectivity index (χ0v) is 13.5. The monoisotopic (exact) mass is 370 g/mol. The Balaban J connectivity index is 1.87. The van der Waals surface area contributed by atoms with Crippen LogP contribution in [0.25, 0.3) is 11.3 Å². The van der Waals surface area contributed by atoms with Crippen molar-refractivity contribution in [3.63, 3.8) is 0 Å². The van der Waals surface area contributed by atoms with E-state index in [9.17, 15) is 21.6 Å². The molecular weight excluding hydrogens is 361 g/mol. The van der Waals surface area contributed by atoms with Gasteiger partial charge < -0.3 is 0 Å². The van der Waals surface area contributed by atoms with Gasteiger partial charge in [0.05, 0.1) is 5.69 Å². The average Bonchev–Trinajstić information content (AvgIpc) is 2.95. The van der Waals surface area contributed by atoms with Crippen LogP contribution in [0.1, 0.15) is 0 Å². The minimum Gasteiger partial charge on any atom is -0.255 e. The number of sulfonamides is 1. The minimum atomic E-state index is -4.24. The van der Waals surface area contributed by atoms with Gasteiger partial charge in [-0.05, 0) is 36.4 Å². The molecule has 0 atom stereocenters. The summed E-state index contributed by atoms with van der Waals surface area (Å²) in [5.41, 5.74) is 1.04. The molecule has 0 amide bonds. The van der Waals surface area contributed by atoms with Crippen LogP contribution in [-0.2, 0) is 10.0 Å². The van der Waals surface area contributed by atoms with Crippen molar-refractivity contribution in [2.75, 3.05) is 4.72 Å². The number of anilines is 1. The number of hydrogen-bond donors (Lipinski definition) is 1. The fraction of sp³-hybridized carbons (Fsp3) is 0. The molecule has 0 fully saturated rings. The van der Waals surface area contributed by atoms with Crippen LogP contribution in [0.2, 0.25) is 0 Å². The first-order valence-corrected chi connectivity index (χ1v) is 8.91. The van der Waals surface area contributed by atoms with Crippen molar-refractivity contribution >= 4 is 26.5 Å². The van der Waals surface area contributed by atoms with Crippen LogP contribution >= 0.6 is 11.3 Å². The third kappa shape index (κ3) is 3.41. The first-order chi connectivity index (χ1) is 11.3. The van der Waals surface area contributed by atoms with Crippen LogP contribution in [-0.4, -0.2) is 13.4 Å². The maximum atomic E-state index is 13.6. The predicted octanol–water partition coefficient (Wildman–Crippen LogP) is 4.03. The fourth-order valence-electron chi connectivity index (χ4n) is 1.94. The fourth-order valence-corrected chi connectivity index (χ4v) is 3.97. The largest absolute Gasteiger partial charge is 0.266 e. The summed E-state index contributed by atoms with van der Waals surface area (Å²) in [6.45, 7) is 0. The number of aromatic nitrogens is 1. The van der Waals surface area contributed by atoms with Crippen LogP contribution in [0.5, 0.6) is 0 Å². The van der Waals surface area contributed by atoms with E-state index in [-0.39, 0.29) is 5.13 Å². The molecule has 1 aromatic heterocycles. The van der Waals surface area contributed by atoms with Crippen LogP contribution in [0.3, 0.4) is 0 Å². The van der Waals surface area contributed by atoms with E-state index in [2.05, 4.69) is 9.71 Å². The third-order valence-corrected chi connectivity index (χ3v) is 5.31. The first-order valence-electron chi connectivity index (χ1n) is 6.54. The second-order valence-corrected chi connectivity index (χ2v) is 7.23. The number of halogens is 3. The van der Waals surface area contributed by atoms with Crippen LogP contribution in [0.15, 0.2) is 52.7 Å². The normalized spacial score (nSPS) is 11.5. The number of benzene rings is 2. The lowest BCUT2D eigenvalue weighted by atomic mass is 10.2. The maximum absolute atomic E-state index is 13.6. The molecule has 0 unspecified atom stereocenters. The summed E-state index contributed by atoms with van der Waals surface area (Å²) in [6, 6.07) is 7.69. The molecule has 24 heavy (non-hydrogen) atoms. The number of thiazole rings is 1. The minimum absolute atomic E-state index is 0.0121. The summed E-state index contributed by atoms with van der Waals surface area (Å²) >= 11 is 0.987. The summed E-state index contributed by atoms with van der Waals surface area (Å²) in [5.74, 6) is -2.47. The van der Waals surface area contributed by atoms with Gasteiger partial charge in [0.1, 0.15) is 22.3 Å². The number of rotatable bonds is 4. The second-order valence-electron chi connectivity index (χ2n) is 4.73. The maximum Gasteiger partial charge on any atom is 0.266 e. The van der Waals surface area contributed by atoms with Crippen molar-refractivity contribution < 1.29 is 21.6 Å². The Morgan fingerprint density at radius 2 is 1.62 bits per heavy atom. The lowest BCUT2D eigenvalue weighted by Gasteiger charge is -2.06. The van der Waals surface area contributed by atoms with Crippen molar-refractivity contribution in [2.24, 2.45) is 0 Å². The van der Waals surface area contributed by atoms with E-state index in [1.54, 1.807) is 5.38 Å². The van der Waals surface area contributed by atoms with E-state index in [1.807, 2.05) is 0 Å². The molecule has 3 rings (SSSR count). The van der Waals surface area contributed by atoms with Gasteiger partial charge in [-0.25, -0.2) is 26.6 Å². The highest BCUT2D eigenvalue weighted by molar-refractivity contribution is 7.93. The SMILES string of the molecule is O=S(=O)(Nc1nc(-c2ccc(F)cc2)cs1)c1ccc(F)cc1F. The standard InChI is InChI=1S/C15H9F3N2O2S2/c16-10-3-1-9(2-4-10)13-8-23-15(19-13)20-24(21,22)14-6-5-11(17)7-12(14)18/h1-8H,(H,19,20). The van der Waals surface area contributed by atoms with E-state index in [4.69, 9.17) is 0 Å². The molecule has 1 N–H and O–H groups in total. The van der Waals surface area contributed by atoms with Gasteiger partial charge in [0.25, 0.3) is 10.0 Å². The number of hydrogen-bond acceptors (Lipinski definition) is 4. The molecular formula is C15H9F3N2O2S2. The zero-order valence-electron chi connectivity index (χ0n) is 11.8. The van der Waals surface area contributed by atoms with Gasteiger partial charge in [0, 0.05) is 17.0 Å². The van der Waals surface area contributed by atoms with E-state index in [0.29, 0.717) is 17.3 Å². The van der Waals surface area contributed by atoms with E-state index >= 15 is 0 Å². The molecule has 2 aromatic carbocycles. The highest BCUT2D eigenvalue weighted by Crippen LogP contribution is 2.27. The van der Waals surface area contributed by atoms with Crippen molar-refractivity contribution in [2.45, 2.75) is 4.90 Å². The van der Waals surface area contributed by atoms with Crippen LogP contribution in [0.4, 0.5) is 18.3 Å². The Kier molecular flexibility index (Phi) is 4.29. The van der Waals surface area contributed by atoms with Gasteiger partial charge in [0.15, 0.2) is 5.13 Å². The lowest BCUT2D eigenvalue weighted by molar-refractivity contribution is 0.551. The summed E-state index contributed by atoms with van der Waals surface area (Å²) in [4.78, 5) is 3.40. The Hall–Kier alpha value is -2.39. The molecule has 0 aliphatic heterocycles.